The Morgan fingerprint density at radius 1 is 1.47 bits per heavy atom. The van der Waals surface area contributed by atoms with E-state index in [1.54, 1.807) is 7.05 Å². The van der Waals surface area contributed by atoms with Crippen LogP contribution < -0.4 is 5.90 Å². The molecule has 0 aliphatic rings. The fourth-order valence-electron chi connectivity index (χ4n) is 1.10. The summed E-state index contributed by atoms with van der Waals surface area (Å²) in [7, 11) is 1.70. The Labute approximate surface area is 91.5 Å². The molecule has 2 N–H and O–H groups in total. The van der Waals surface area contributed by atoms with Crippen LogP contribution in [0.5, 0.6) is 0 Å². The highest BCUT2D eigenvalue weighted by molar-refractivity contribution is 5.67. The molecule has 90 valence electrons. The second kappa shape index (κ2) is 5.92. The first-order valence-corrected chi connectivity index (χ1v) is 5.02. The summed E-state index contributed by atoms with van der Waals surface area (Å²) in [6.07, 6.45) is -0.327. The molecule has 15 heavy (non-hydrogen) atoms. The van der Waals surface area contributed by atoms with Crippen molar-refractivity contribution in [3.63, 3.8) is 0 Å². The van der Waals surface area contributed by atoms with E-state index in [0.29, 0.717) is 13.2 Å². The van der Waals surface area contributed by atoms with Crippen LogP contribution in [0.4, 0.5) is 4.79 Å². The average Bonchev–Trinajstić information content (AvgIpc) is 2.00. The number of amides is 1. The van der Waals surface area contributed by atoms with Gasteiger partial charge in [-0.05, 0) is 26.7 Å². The minimum atomic E-state index is -0.459. The van der Waals surface area contributed by atoms with Gasteiger partial charge >= 0.3 is 6.09 Å². The van der Waals surface area contributed by atoms with Gasteiger partial charge in [-0.2, -0.15) is 0 Å². The lowest BCUT2D eigenvalue weighted by atomic mass is 10.2. The van der Waals surface area contributed by atoms with E-state index >= 15 is 0 Å². The van der Waals surface area contributed by atoms with Crippen molar-refractivity contribution < 1.29 is 14.4 Å². The predicted molar refractivity (Wildman–Crippen MR) is 58.2 cm³/mol. The van der Waals surface area contributed by atoms with Crippen molar-refractivity contribution in [2.24, 2.45) is 11.8 Å². The minimum absolute atomic E-state index is 0.188. The molecule has 0 fully saturated rings. The first-order chi connectivity index (χ1) is 6.76. The molecule has 0 aromatic carbocycles. The third kappa shape index (κ3) is 7.16. The van der Waals surface area contributed by atoms with Crippen LogP contribution in [0.1, 0.15) is 27.7 Å². The zero-order chi connectivity index (χ0) is 12.1. The molecule has 0 spiro atoms. The highest BCUT2D eigenvalue weighted by Crippen LogP contribution is 2.10. The van der Waals surface area contributed by atoms with Crippen molar-refractivity contribution in [3.05, 3.63) is 0 Å². The Morgan fingerprint density at radius 3 is 2.40 bits per heavy atom. The fraction of sp³-hybridized carbons (Fsp3) is 0.900. The number of ether oxygens (including phenoxy) is 1. The van der Waals surface area contributed by atoms with Crippen molar-refractivity contribution in [3.8, 4) is 0 Å². The fourth-order valence-corrected chi connectivity index (χ4v) is 1.10. The van der Waals surface area contributed by atoms with E-state index in [1.807, 2.05) is 27.7 Å². The summed E-state index contributed by atoms with van der Waals surface area (Å²) in [5.41, 5.74) is -0.459. The Kier molecular flexibility index (Phi) is 5.60. The minimum Gasteiger partial charge on any atom is -0.444 e. The Bertz CT molecular complexity index is 201. The van der Waals surface area contributed by atoms with Gasteiger partial charge in [0.2, 0.25) is 0 Å². The molecule has 0 saturated carbocycles. The molecule has 1 unspecified atom stereocenters. The van der Waals surface area contributed by atoms with Crippen LogP contribution in [0.3, 0.4) is 0 Å². The molecule has 0 radical (unpaired) electrons. The van der Waals surface area contributed by atoms with Gasteiger partial charge in [-0.15, -0.1) is 0 Å². The van der Waals surface area contributed by atoms with Crippen molar-refractivity contribution in [2.45, 2.75) is 33.3 Å². The number of carbonyl (C=O) groups excluding carboxylic acids is 1. The first-order valence-electron chi connectivity index (χ1n) is 5.02. The van der Waals surface area contributed by atoms with Gasteiger partial charge in [-0.1, -0.05) is 6.92 Å². The molecule has 0 heterocycles. The molecule has 0 rings (SSSR count). The SMILES string of the molecule is CC(CON)CN(C)C(=O)OC(C)(C)C. The Hall–Kier alpha value is -0.810. The number of carbonyl (C=O) groups is 1. The summed E-state index contributed by atoms with van der Waals surface area (Å²) >= 11 is 0. The number of hydrogen-bond acceptors (Lipinski definition) is 4. The number of nitrogens with zero attached hydrogens (tertiary/aromatic N) is 1. The molecule has 0 saturated heterocycles. The lowest BCUT2D eigenvalue weighted by Crippen LogP contribution is -2.37. The summed E-state index contributed by atoms with van der Waals surface area (Å²) in [5, 5.41) is 0. The van der Waals surface area contributed by atoms with Crippen LogP contribution in [0.2, 0.25) is 0 Å². The van der Waals surface area contributed by atoms with Crippen molar-refractivity contribution >= 4 is 6.09 Å². The molecule has 1 amide bonds. The van der Waals surface area contributed by atoms with E-state index in [1.165, 1.54) is 4.90 Å². The molecule has 0 aliphatic heterocycles. The highest BCUT2D eigenvalue weighted by Gasteiger charge is 2.20. The quantitative estimate of drug-likeness (QED) is 0.724. The highest BCUT2D eigenvalue weighted by atomic mass is 16.6. The van der Waals surface area contributed by atoms with Gasteiger partial charge in [0, 0.05) is 13.6 Å². The molecule has 0 bridgehead atoms. The lowest BCUT2D eigenvalue weighted by Gasteiger charge is -2.26. The first kappa shape index (κ1) is 14.2. The van der Waals surface area contributed by atoms with E-state index in [9.17, 15) is 4.79 Å². The molecule has 0 aromatic rings. The zero-order valence-electron chi connectivity index (χ0n) is 10.2. The van der Waals surface area contributed by atoms with Crippen LogP contribution in [0, 0.1) is 5.92 Å². The molecule has 5 nitrogen and oxygen atoms in total. The van der Waals surface area contributed by atoms with Gasteiger partial charge in [-0.3, -0.25) is 0 Å². The van der Waals surface area contributed by atoms with Crippen molar-refractivity contribution in [1.29, 1.82) is 0 Å². The number of hydrogen-bond donors (Lipinski definition) is 1. The average molecular weight is 218 g/mol. The monoisotopic (exact) mass is 218 g/mol. The molecule has 0 aromatic heterocycles. The third-order valence-electron chi connectivity index (χ3n) is 1.67. The van der Waals surface area contributed by atoms with Crippen LogP contribution in [-0.2, 0) is 9.57 Å². The smallest absolute Gasteiger partial charge is 0.410 e. The van der Waals surface area contributed by atoms with Crippen LogP contribution in [-0.4, -0.2) is 36.8 Å². The van der Waals surface area contributed by atoms with E-state index in [-0.39, 0.29) is 12.0 Å². The van der Waals surface area contributed by atoms with E-state index < -0.39 is 5.60 Å². The maximum Gasteiger partial charge on any atom is 0.410 e. The van der Waals surface area contributed by atoms with E-state index in [0.717, 1.165) is 0 Å². The number of rotatable bonds is 4. The Morgan fingerprint density at radius 2 is 2.00 bits per heavy atom. The van der Waals surface area contributed by atoms with Gasteiger partial charge in [0.25, 0.3) is 0 Å². The van der Waals surface area contributed by atoms with Crippen LogP contribution >= 0.6 is 0 Å². The standard InChI is InChI=1S/C10H22N2O3/c1-8(7-14-11)6-12(5)9(13)15-10(2,3)4/h8H,6-7,11H2,1-5H3. The lowest BCUT2D eigenvalue weighted by molar-refractivity contribution is 0.0232. The summed E-state index contributed by atoms with van der Waals surface area (Å²) in [4.78, 5) is 17.6. The van der Waals surface area contributed by atoms with Crippen molar-refractivity contribution in [1.82, 2.24) is 4.90 Å². The normalized spacial score (nSPS) is 13.5. The van der Waals surface area contributed by atoms with Crippen LogP contribution in [0.25, 0.3) is 0 Å². The summed E-state index contributed by atoms with van der Waals surface area (Å²) in [5.74, 6) is 5.14. The van der Waals surface area contributed by atoms with Crippen molar-refractivity contribution in [2.75, 3.05) is 20.2 Å². The van der Waals surface area contributed by atoms with Crippen LogP contribution in [0.15, 0.2) is 0 Å². The summed E-state index contributed by atoms with van der Waals surface area (Å²) in [6.45, 7) is 8.45. The van der Waals surface area contributed by atoms with E-state index in [2.05, 4.69) is 4.84 Å². The second-order valence-electron chi connectivity index (χ2n) is 4.80. The second-order valence-corrected chi connectivity index (χ2v) is 4.80. The van der Waals surface area contributed by atoms with Gasteiger partial charge in [-0.25, -0.2) is 10.7 Å². The van der Waals surface area contributed by atoms with Gasteiger partial charge in [0.05, 0.1) is 6.61 Å². The predicted octanol–water partition coefficient (Wildman–Crippen LogP) is 1.38. The summed E-state index contributed by atoms with van der Waals surface area (Å²) < 4.78 is 5.19. The van der Waals surface area contributed by atoms with E-state index in [4.69, 9.17) is 10.6 Å². The molecule has 5 heteroatoms. The largest absolute Gasteiger partial charge is 0.444 e. The van der Waals surface area contributed by atoms with Gasteiger partial charge in [0.15, 0.2) is 0 Å². The summed E-state index contributed by atoms with van der Waals surface area (Å²) in [6, 6.07) is 0. The topological polar surface area (TPSA) is 64.8 Å². The molecule has 1 atom stereocenters. The van der Waals surface area contributed by atoms with Gasteiger partial charge < -0.3 is 14.5 Å². The zero-order valence-corrected chi connectivity index (χ0v) is 10.2. The maximum atomic E-state index is 11.5. The molecular weight excluding hydrogens is 196 g/mol. The number of nitrogens with two attached hydrogens (primary N) is 1. The maximum absolute atomic E-state index is 11.5. The molecule has 0 aliphatic carbocycles. The Balaban J connectivity index is 3.99. The molecular formula is C10H22N2O3. The van der Waals surface area contributed by atoms with Gasteiger partial charge in [0.1, 0.15) is 5.60 Å². The third-order valence-corrected chi connectivity index (χ3v) is 1.67.